The Morgan fingerprint density at radius 1 is 0.810 bits per heavy atom. The molecule has 0 spiro atoms. The minimum absolute atomic E-state index is 0. The van der Waals surface area contributed by atoms with Crippen LogP contribution in [0.4, 0.5) is 0 Å². The zero-order valence-electron chi connectivity index (χ0n) is 13.6. The van der Waals surface area contributed by atoms with Crippen molar-refractivity contribution in [3.8, 4) is 0 Å². The molecule has 0 atom stereocenters. The maximum atomic E-state index is 10.2. The molecule has 0 aromatic rings. The third-order valence-corrected chi connectivity index (χ3v) is 3.46. The maximum absolute atomic E-state index is 10.2. The van der Waals surface area contributed by atoms with Crippen LogP contribution in [0, 0.1) is 0 Å². The summed E-state index contributed by atoms with van der Waals surface area (Å²) >= 11 is 0. The fourth-order valence-electron chi connectivity index (χ4n) is 2.24. The number of hydrogen-bond acceptors (Lipinski definition) is 1. The molecule has 0 bridgehead atoms. The second kappa shape index (κ2) is 19.6. The van der Waals surface area contributed by atoms with E-state index in [0.717, 1.165) is 12.5 Å². The fourth-order valence-corrected chi connectivity index (χ4v) is 2.24. The summed E-state index contributed by atoms with van der Waals surface area (Å²) in [6, 6.07) is 0. The van der Waals surface area contributed by atoms with Gasteiger partial charge in [0.05, 0.1) is 0 Å². The number of unbranched alkanes of at least 4 members (excludes halogenated alkanes) is 11. The van der Waals surface area contributed by atoms with Gasteiger partial charge in [-0.25, -0.2) is 4.79 Å². The number of rotatable bonds is 14. The summed E-state index contributed by atoms with van der Waals surface area (Å²) in [5.41, 5.74) is 0. The largest absolute Gasteiger partial charge is 0.478 e. The number of allylic oxidation sites excluding steroid dienone is 3. The minimum atomic E-state index is -0.885. The van der Waals surface area contributed by atoms with Gasteiger partial charge in [-0.05, 0) is 12.8 Å². The van der Waals surface area contributed by atoms with Gasteiger partial charge in [-0.2, -0.15) is 0 Å². The summed E-state index contributed by atoms with van der Waals surface area (Å²) in [6.07, 6.45) is 22.7. The zero-order valence-corrected chi connectivity index (χ0v) is 15.6. The van der Waals surface area contributed by atoms with Crippen molar-refractivity contribution in [2.45, 2.75) is 84.0 Å². The molecule has 0 amide bonds. The molecule has 3 heteroatoms. The Labute approximate surface area is 145 Å². The van der Waals surface area contributed by atoms with Crippen molar-refractivity contribution in [1.82, 2.24) is 0 Å². The Morgan fingerprint density at radius 3 is 1.76 bits per heavy atom. The van der Waals surface area contributed by atoms with Crippen molar-refractivity contribution in [2.75, 3.05) is 0 Å². The molecular formula is C18H32MoO2. The Bertz CT molecular complexity index is 272. The molecule has 0 heterocycles. The van der Waals surface area contributed by atoms with Gasteiger partial charge in [0.1, 0.15) is 0 Å². The van der Waals surface area contributed by atoms with E-state index >= 15 is 0 Å². The summed E-state index contributed by atoms with van der Waals surface area (Å²) in [5, 5.41) is 8.40. The number of hydrogen-bond donors (Lipinski definition) is 1. The van der Waals surface area contributed by atoms with Gasteiger partial charge in [-0.3, -0.25) is 0 Å². The third-order valence-electron chi connectivity index (χ3n) is 3.46. The van der Waals surface area contributed by atoms with Gasteiger partial charge in [-0.1, -0.05) is 89.4 Å². The van der Waals surface area contributed by atoms with E-state index in [4.69, 9.17) is 5.11 Å². The molecule has 0 fully saturated rings. The first-order chi connectivity index (χ1) is 9.77. The Kier molecular flexibility index (Phi) is 21.4. The Balaban J connectivity index is 0. The quantitative estimate of drug-likeness (QED) is 0.178. The molecule has 0 aromatic carbocycles. The summed E-state index contributed by atoms with van der Waals surface area (Å²) in [6.45, 7) is 2.26. The molecule has 2 nitrogen and oxygen atoms in total. The van der Waals surface area contributed by atoms with Crippen LogP contribution in [0.5, 0.6) is 0 Å². The van der Waals surface area contributed by atoms with Crippen LogP contribution < -0.4 is 0 Å². The van der Waals surface area contributed by atoms with E-state index < -0.39 is 5.97 Å². The van der Waals surface area contributed by atoms with Gasteiger partial charge in [0.25, 0.3) is 0 Å². The van der Waals surface area contributed by atoms with Crippen LogP contribution in [0.25, 0.3) is 0 Å². The van der Waals surface area contributed by atoms with Gasteiger partial charge in [-0.15, -0.1) is 0 Å². The minimum Gasteiger partial charge on any atom is -0.478 e. The van der Waals surface area contributed by atoms with E-state index in [-0.39, 0.29) is 21.1 Å². The molecular weight excluding hydrogens is 344 g/mol. The monoisotopic (exact) mass is 378 g/mol. The molecule has 122 valence electrons. The van der Waals surface area contributed by atoms with Gasteiger partial charge in [0.2, 0.25) is 0 Å². The first kappa shape index (κ1) is 22.9. The second-order valence-corrected chi connectivity index (χ2v) is 5.45. The number of carbonyl (C=O) groups is 1. The van der Waals surface area contributed by atoms with E-state index in [9.17, 15) is 4.79 Å². The van der Waals surface area contributed by atoms with Gasteiger partial charge < -0.3 is 5.11 Å². The molecule has 0 unspecified atom stereocenters. The predicted octanol–water partition coefficient (Wildman–Crippen LogP) is 5.88. The molecule has 1 N–H and O–H groups in total. The topological polar surface area (TPSA) is 37.3 Å². The van der Waals surface area contributed by atoms with Crippen LogP contribution in [0.2, 0.25) is 0 Å². The molecule has 0 saturated heterocycles. The number of carboxylic acids is 1. The molecule has 0 aliphatic heterocycles. The van der Waals surface area contributed by atoms with Crippen LogP contribution in [0.15, 0.2) is 24.3 Å². The van der Waals surface area contributed by atoms with Crippen molar-refractivity contribution in [2.24, 2.45) is 0 Å². The van der Waals surface area contributed by atoms with Crippen LogP contribution in [0.1, 0.15) is 84.0 Å². The molecule has 0 radical (unpaired) electrons. The first-order valence-corrected chi connectivity index (χ1v) is 8.33. The second-order valence-electron chi connectivity index (χ2n) is 5.45. The predicted molar refractivity (Wildman–Crippen MR) is 87.0 cm³/mol. The van der Waals surface area contributed by atoms with Crippen LogP contribution in [0.3, 0.4) is 0 Å². The van der Waals surface area contributed by atoms with Gasteiger partial charge >= 0.3 is 5.97 Å². The number of aliphatic carboxylic acids is 1. The SMILES string of the molecule is CCCCCCCCCCCCCC=CC=CC(=O)O.[Mo]. The first-order valence-electron chi connectivity index (χ1n) is 8.33. The Hall–Kier alpha value is -0.362. The smallest absolute Gasteiger partial charge is 0.328 e. The molecule has 0 saturated carbocycles. The summed E-state index contributed by atoms with van der Waals surface area (Å²) in [4.78, 5) is 10.2. The van der Waals surface area contributed by atoms with Crippen molar-refractivity contribution in [3.05, 3.63) is 24.3 Å². The van der Waals surface area contributed by atoms with Crippen LogP contribution in [-0.2, 0) is 25.9 Å². The third kappa shape index (κ3) is 22.1. The fraction of sp³-hybridized carbons (Fsp3) is 0.722. The van der Waals surface area contributed by atoms with Crippen LogP contribution in [-0.4, -0.2) is 11.1 Å². The van der Waals surface area contributed by atoms with Crippen molar-refractivity contribution < 1.29 is 31.0 Å². The van der Waals surface area contributed by atoms with E-state index in [1.165, 1.54) is 70.6 Å². The van der Waals surface area contributed by atoms with E-state index in [1.54, 1.807) is 6.08 Å². The molecule has 0 aliphatic rings. The molecule has 0 rings (SSSR count). The van der Waals surface area contributed by atoms with Crippen molar-refractivity contribution in [3.63, 3.8) is 0 Å². The summed E-state index contributed by atoms with van der Waals surface area (Å²) in [5.74, 6) is -0.885. The Morgan fingerprint density at radius 2 is 1.29 bits per heavy atom. The summed E-state index contributed by atoms with van der Waals surface area (Å²) < 4.78 is 0. The van der Waals surface area contributed by atoms with Crippen molar-refractivity contribution >= 4 is 5.97 Å². The molecule has 0 aliphatic carbocycles. The average Bonchev–Trinajstić information content (AvgIpc) is 2.43. The maximum Gasteiger partial charge on any atom is 0.328 e. The van der Waals surface area contributed by atoms with E-state index in [0.29, 0.717) is 0 Å². The summed E-state index contributed by atoms with van der Waals surface area (Å²) in [7, 11) is 0. The van der Waals surface area contributed by atoms with Gasteiger partial charge in [0, 0.05) is 27.1 Å². The molecule has 21 heavy (non-hydrogen) atoms. The zero-order chi connectivity index (χ0) is 14.9. The average molecular weight is 376 g/mol. The van der Waals surface area contributed by atoms with E-state index in [1.807, 2.05) is 12.2 Å². The normalized spacial score (nSPS) is 11.1. The van der Waals surface area contributed by atoms with Crippen LogP contribution >= 0.6 is 0 Å². The molecule has 0 aromatic heterocycles. The van der Waals surface area contributed by atoms with Gasteiger partial charge in [0.15, 0.2) is 0 Å². The van der Waals surface area contributed by atoms with E-state index in [2.05, 4.69) is 6.92 Å². The standard InChI is InChI=1S/C18H32O2.Mo/c1-2-3-4-5-6-7-8-9-10-11-12-13-14-15-16-17-18(19)20;/h14-17H,2-13H2,1H3,(H,19,20);. The number of carboxylic acid groups (broad SMARTS) is 1. The van der Waals surface area contributed by atoms with Crippen molar-refractivity contribution in [1.29, 1.82) is 0 Å².